The number of amides is 2. The van der Waals surface area contributed by atoms with E-state index in [9.17, 15) is 9.59 Å². The van der Waals surface area contributed by atoms with E-state index < -0.39 is 11.5 Å². The first-order chi connectivity index (χ1) is 10.4. The lowest BCUT2D eigenvalue weighted by molar-refractivity contribution is -0.143. The van der Waals surface area contributed by atoms with Crippen LogP contribution in [0.4, 0.5) is 5.13 Å². The summed E-state index contributed by atoms with van der Waals surface area (Å²) in [4.78, 5) is 31.1. The lowest BCUT2D eigenvalue weighted by Crippen LogP contribution is -2.48. The van der Waals surface area contributed by atoms with Crippen LogP contribution in [-0.4, -0.2) is 39.4 Å². The molecule has 1 aliphatic heterocycles. The predicted octanol–water partition coefficient (Wildman–Crippen LogP) is 2.91. The van der Waals surface area contributed by atoms with Crippen molar-refractivity contribution in [1.82, 2.24) is 9.88 Å². The van der Waals surface area contributed by atoms with Gasteiger partial charge in [-0.25, -0.2) is 4.98 Å². The van der Waals surface area contributed by atoms with E-state index in [4.69, 9.17) is 0 Å². The van der Waals surface area contributed by atoms with Gasteiger partial charge in [0, 0.05) is 22.5 Å². The number of carbonyl (C=O) groups is 2. The van der Waals surface area contributed by atoms with E-state index in [0.29, 0.717) is 22.7 Å². The van der Waals surface area contributed by atoms with Crippen LogP contribution in [0.15, 0.2) is 5.38 Å². The monoisotopic (exact) mass is 339 g/mol. The number of thiazole rings is 1. The lowest BCUT2D eigenvalue weighted by Gasteiger charge is -2.29. The highest BCUT2D eigenvalue weighted by molar-refractivity contribution is 7.99. The van der Waals surface area contributed by atoms with E-state index in [2.05, 4.69) is 10.3 Å². The summed E-state index contributed by atoms with van der Waals surface area (Å²) in [5, 5.41) is 5.55. The van der Waals surface area contributed by atoms with E-state index in [1.54, 1.807) is 16.7 Å². The van der Waals surface area contributed by atoms with Gasteiger partial charge < -0.3 is 10.2 Å². The smallest absolute Gasteiger partial charge is 0.249 e. The molecule has 1 unspecified atom stereocenters. The third-order valence-corrected chi connectivity index (χ3v) is 5.62. The van der Waals surface area contributed by atoms with Crippen molar-refractivity contribution in [1.29, 1.82) is 0 Å². The van der Waals surface area contributed by atoms with E-state index in [1.165, 1.54) is 24.2 Å². The van der Waals surface area contributed by atoms with E-state index >= 15 is 0 Å². The number of carbonyl (C=O) groups excluding carboxylic acids is 2. The molecule has 120 valence electrons. The highest BCUT2D eigenvalue weighted by Gasteiger charge is 2.39. The van der Waals surface area contributed by atoms with Crippen LogP contribution in [0.5, 0.6) is 0 Å². The minimum Gasteiger partial charge on any atom is -0.320 e. The third kappa shape index (κ3) is 3.30. The molecule has 1 saturated carbocycles. The van der Waals surface area contributed by atoms with Crippen LogP contribution in [0.2, 0.25) is 0 Å². The molecule has 7 heteroatoms. The minimum atomic E-state index is -0.468. The van der Waals surface area contributed by atoms with Gasteiger partial charge in [0.15, 0.2) is 5.13 Å². The highest BCUT2D eigenvalue weighted by Crippen LogP contribution is 2.41. The summed E-state index contributed by atoms with van der Waals surface area (Å²) in [5.41, 5.74) is 0.618. The van der Waals surface area contributed by atoms with Gasteiger partial charge >= 0.3 is 0 Å². The van der Waals surface area contributed by atoms with Crippen molar-refractivity contribution in [2.75, 3.05) is 16.9 Å². The number of thioether (sulfide) groups is 1. The Bertz CT molecular complexity index is 590. The first-order valence-electron chi connectivity index (χ1n) is 7.51. The fourth-order valence-corrected chi connectivity index (χ4v) is 4.34. The molecule has 3 rings (SSSR count). The van der Waals surface area contributed by atoms with Gasteiger partial charge in [-0.3, -0.25) is 9.59 Å². The zero-order valence-corrected chi connectivity index (χ0v) is 14.7. The number of rotatable bonds is 3. The molecule has 0 bridgehead atoms. The molecule has 2 fully saturated rings. The summed E-state index contributed by atoms with van der Waals surface area (Å²) in [6.07, 6.45) is 2.40. The maximum absolute atomic E-state index is 12.5. The molecule has 2 amide bonds. The Morgan fingerprint density at radius 1 is 1.36 bits per heavy atom. The Kier molecular flexibility index (Phi) is 4.20. The summed E-state index contributed by atoms with van der Waals surface area (Å²) in [6.45, 7) is 5.65. The van der Waals surface area contributed by atoms with Crippen molar-refractivity contribution in [2.24, 2.45) is 5.41 Å². The van der Waals surface area contributed by atoms with Gasteiger partial charge in [0.05, 0.1) is 11.6 Å². The molecule has 5 nitrogen and oxygen atoms in total. The maximum atomic E-state index is 12.5. The summed E-state index contributed by atoms with van der Waals surface area (Å²) < 4.78 is 0. The minimum absolute atomic E-state index is 0.0236. The van der Waals surface area contributed by atoms with Crippen LogP contribution in [0.1, 0.15) is 45.2 Å². The van der Waals surface area contributed by atoms with Gasteiger partial charge in [0.2, 0.25) is 11.8 Å². The number of nitrogens with zero attached hydrogens (tertiary/aromatic N) is 2. The van der Waals surface area contributed by atoms with Gasteiger partial charge in [0.25, 0.3) is 0 Å². The number of aromatic nitrogens is 1. The number of hydrogen-bond acceptors (Lipinski definition) is 5. The largest absolute Gasteiger partial charge is 0.320 e. The van der Waals surface area contributed by atoms with Gasteiger partial charge in [0.1, 0.15) is 6.04 Å². The maximum Gasteiger partial charge on any atom is 0.249 e. The molecule has 0 radical (unpaired) electrons. The summed E-state index contributed by atoms with van der Waals surface area (Å²) in [5.74, 6) is 1.71. The summed E-state index contributed by atoms with van der Waals surface area (Å²) in [6, 6.07) is -0.398. The quantitative estimate of drug-likeness (QED) is 0.920. The molecular formula is C15H21N3O2S2. The first-order valence-corrected chi connectivity index (χ1v) is 9.55. The summed E-state index contributed by atoms with van der Waals surface area (Å²) >= 11 is 3.09. The first kappa shape index (κ1) is 15.8. The second-order valence-corrected chi connectivity index (χ2v) is 8.74. The fourth-order valence-electron chi connectivity index (χ4n) is 2.39. The number of anilines is 1. The van der Waals surface area contributed by atoms with Crippen LogP contribution in [0.25, 0.3) is 0 Å². The zero-order valence-electron chi connectivity index (χ0n) is 13.1. The zero-order chi connectivity index (χ0) is 15.9. The van der Waals surface area contributed by atoms with E-state index in [1.807, 2.05) is 26.2 Å². The lowest BCUT2D eigenvalue weighted by atomic mass is 9.94. The molecule has 22 heavy (non-hydrogen) atoms. The Labute approximate surface area is 138 Å². The molecule has 1 aromatic heterocycles. The predicted molar refractivity (Wildman–Crippen MR) is 90.1 cm³/mol. The van der Waals surface area contributed by atoms with Crippen molar-refractivity contribution >= 4 is 40.0 Å². The van der Waals surface area contributed by atoms with Crippen molar-refractivity contribution in [3.63, 3.8) is 0 Å². The fraction of sp³-hybridized carbons (Fsp3) is 0.667. The average molecular weight is 339 g/mol. The second-order valence-electron chi connectivity index (χ2n) is 6.88. The standard InChI is InChI=1S/C15H21N3O2S2/c1-15(2,3)13(20)18-8-21-7-11(18)12(19)17-14-16-10(6-22-14)9-4-5-9/h6,9,11H,4-5,7-8H2,1-3H3,(H,16,17,19). The van der Waals surface area contributed by atoms with E-state index in [-0.39, 0.29) is 11.8 Å². The molecule has 1 aromatic rings. The van der Waals surface area contributed by atoms with Crippen molar-refractivity contribution in [3.8, 4) is 0 Å². The second kappa shape index (κ2) is 5.85. The van der Waals surface area contributed by atoms with Crippen LogP contribution in [0, 0.1) is 5.41 Å². The SMILES string of the molecule is CC(C)(C)C(=O)N1CSCC1C(=O)Nc1nc(C2CC2)cs1. The van der Waals surface area contributed by atoms with Gasteiger partial charge in [-0.05, 0) is 12.8 Å². The van der Waals surface area contributed by atoms with Crippen LogP contribution in [-0.2, 0) is 9.59 Å². The number of nitrogens with one attached hydrogen (secondary N) is 1. The Morgan fingerprint density at radius 2 is 2.09 bits per heavy atom. The molecule has 0 spiro atoms. The molecule has 2 aliphatic rings. The molecule has 1 saturated heterocycles. The van der Waals surface area contributed by atoms with Crippen molar-refractivity contribution < 1.29 is 9.59 Å². The van der Waals surface area contributed by atoms with Gasteiger partial charge in [-0.2, -0.15) is 0 Å². The van der Waals surface area contributed by atoms with Crippen LogP contribution >= 0.6 is 23.1 Å². The topological polar surface area (TPSA) is 62.3 Å². The van der Waals surface area contributed by atoms with Crippen LogP contribution in [0.3, 0.4) is 0 Å². The Hall–Kier alpha value is -1.08. The average Bonchev–Trinajstić information content (AvgIpc) is 3.00. The summed E-state index contributed by atoms with van der Waals surface area (Å²) in [7, 11) is 0. The van der Waals surface area contributed by atoms with E-state index in [0.717, 1.165) is 5.69 Å². The molecule has 2 heterocycles. The normalized spacial score (nSPS) is 22.0. The van der Waals surface area contributed by atoms with Crippen LogP contribution < -0.4 is 5.32 Å². The van der Waals surface area contributed by atoms with Crippen molar-refractivity contribution in [2.45, 2.75) is 45.6 Å². The highest BCUT2D eigenvalue weighted by atomic mass is 32.2. The van der Waals surface area contributed by atoms with Crippen molar-refractivity contribution in [3.05, 3.63) is 11.1 Å². The number of hydrogen-bond donors (Lipinski definition) is 1. The third-order valence-electron chi connectivity index (χ3n) is 3.84. The molecular weight excluding hydrogens is 318 g/mol. The van der Waals surface area contributed by atoms with Gasteiger partial charge in [-0.1, -0.05) is 20.8 Å². The molecule has 1 N–H and O–H groups in total. The van der Waals surface area contributed by atoms with Gasteiger partial charge in [-0.15, -0.1) is 23.1 Å². The molecule has 1 aliphatic carbocycles. The molecule has 0 aromatic carbocycles. The Morgan fingerprint density at radius 3 is 2.73 bits per heavy atom. The molecule has 1 atom stereocenters. The Balaban J connectivity index is 1.66.